The van der Waals surface area contributed by atoms with Gasteiger partial charge in [0.05, 0.1) is 11.5 Å². The Balaban J connectivity index is 2.88. The summed E-state index contributed by atoms with van der Waals surface area (Å²) in [5, 5.41) is 24.7. The molecular weight excluding hydrogens is 314 g/mol. The molecule has 1 aromatic carbocycles. The quantitative estimate of drug-likeness (QED) is 0.748. The van der Waals surface area contributed by atoms with Gasteiger partial charge in [0.2, 0.25) is 0 Å². The van der Waals surface area contributed by atoms with Crippen LogP contribution >= 0.6 is 0 Å². The highest BCUT2D eigenvalue weighted by molar-refractivity contribution is 5.84. The van der Waals surface area contributed by atoms with E-state index in [2.05, 4.69) is 5.32 Å². The smallest absolute Gasteiger partial charge is 0.408 e. The van der Waals surface area contributed by atoms with Crippen molar-refractivity contribution in [2.75, 3.05) is 0 Å². The number of aliphatic carboxylic acids is 2. The van der Waals surface area contributed by atoms with E-state index in [0.29, 0.717) is 0 Å². The van der Waals surface area contributed by atoms with E-state index in [0.717, 1.165) is 5.56 Å². The number of carboxylic acids is 2. The van der Waals surface area contributed by atoms with Gasteiger partial charge < -0.3 is 29.9 Å². The van der Waals surface area contributed by atoms with Crippen LogP contribution in [0.1, 0.15) is 39.2 Å². The number of nitrogens with one attached hydrogen (secondary N) is 1. The van der Waals surface area contributed by atoms with Crippen molar-refractivity contribution in [1.29, 1.82) is 0 Å². The molecule has 0 aliphatic heterocycles. The molecule has 0 saturated heterocycles. The van der Waals surface area contributed by atoms with Gasteiger partial charge in [0.25, 0.3) is 0 Å². The van der Waals surface area contributed by atoms with E-state index < -0.39 is 35.4 Å². The second-order valence-corrected chi connectivity index (χ2v) is 6.50. The zero-order valence-electron chi connectivity index (χ0n) is 14.0. The molecule has 0 aliphatic carbocycles. The molecule has 7 nitrogen and oxygen atoms in total. The number of ether oxygens (including phenoxy) is 1. The van der Waals surface area contributed by atoms with Gasteiger partial charge in [-0.15, -0.1) is 0 Å². The number of hydrogen-bond acceptors (Lipinski definition) is 6. The van der Waals surface area contributed by atoms with Gasteiger partial charge >= 0.3 is 6.09 Å². The lowest BCUT2D eigenvalue weighted by Crippen LogP contribution is -2.67. The summed E-state index contributed by atoms with van der Waals surface area (Å²) < 4.78 is 5.03. The van der Waals surface area contributed by atoms with Gasteiger partial charge in [-0.2, -0.15) is 0 Å². The Bertz CT molecular complexity index is 593. The van der Waals surface area contributed by atoms with Gasteiger partial charge in [-0.05, 0) is 23.8 Å². The van der Waals surface area contributed by atoms with E-state index in [1.165, 1.54) is 0 Å². The minimum atomic E-state index is -1.90. The monoisotopic (exact) mass is 335 g/mol. The Kier molecular flexibility index (Phi) is 6.34. The molecule has 1 aromatic rings. The van der Waals surface area contributed by atoms with Crippen molar-refractivity contribution >= 4 is 18.0 Å². The van der Waals surface area contributed by atoms with Crippen LogP contribution in [0.15, 0.2) is 30.3 Å². The van der Waals surface area contributed by atoms with Crippen LogP contribution in [0, 0.1) is 5.41 Å². The summed E-state index contributed by atoms with van der Waals surface area (Å²) in [5.41, 5.74) is -2.18. The fourth-order valence-corrected chi connectivity index (χ4v) is 2.31. The van der Waals surface area contributed by atoms with E-state index in [9.17, 15) is 24.6 Å². The summed E-state index contributed by atoms with van der Waals surface area (Å²) in [4.78, 5) is 34.5. The third-order valence-electron chi connectivity index (χ3n) is 3.86. The maximum Gasteiger partial charge on any atom is 0.408 e. The van der Waals surface area contributed by atoms with Crippen molar-refractivity contribution in [3.8, 4) is 0 Å². The van der Waals surface area contributed by atoms with Crippen LogP contribution in [0.3, 0.4) is 0 Å². The maximum absolute atomic E-state index is 12.0. The Morgan fingerprint density at radius 1 is 1.08 bits per heavy atom. The molecule has 0 aliphatic rings. The molecule has 1 N–H and O–H groups in total. The van der Waals surface area contributed by atoms with Crippen molar-refractivity contribution in [2.45, 2.75) is 45.8 Å². The molecule has 0 aromatic heterocycles. The number of carboxylic acid groups (broad SMARTS) is 2. The summed E-state index contributed by atoms with van der Waals surface area (Å²) in [6.45, 7) is 4.65. The zero-order chi connectivity index (χ0) is 18.4. The summed E-state index contributed by atoms with van der Waals surface area (Å²) in [5.74, 6) is -2.99. The highest BCUT2D eigenvalue weighted by atomic mass is 16.5. The Hall–Kier alpha value is -2.57. The fraction of sp³-hybridized carbons (Fsp3) is 0.471. The molecule has 0 saturated carbocycles. The molecule has 0 unspecified atom stereocenters. The molecule has 0 heterocycles. The van der Waals surface area contributed by atoms with E-state index in [-0.39, 0.29) is 13.0 Å². The number of benzene rings is 1. The number of carbonyl (C=O) groups excluding carboxylic acids is 3. The number of hydrogen-bond donors (Lipinski definition) is 1. The second-order valence-electron chi connectivity index (χ2n) is 6.50. The first kappa shape index (κ1) is 19.5. The highest BCUT2D eigenvalue weighted by Crippen LogP contribution is 2.34. The second kappa shape index (κ2) is 7.81. The molecule has 132 valence electrons. The van der Waals surface area contributed by atoms with Gasteiger partial charge in [-0.1, -0.05) is 51.1 Å². The van der Waals surface area contributed by atoms with Crippen molar-refractivity contribution in [2.24, 2.45) is 5.41 Å². The molecule has 0 radical (unpaired) electrons. The largest absolute Gasteiger partial charge is 0.550 e. The van der Waals surface area contributed by atoms with Gasteiger partial charge in [-0.3, -0.25) is 0 Å². The van der Waals surface area contributed by atoms with Crippen LogP contribution in [-0.4, -0.2) is 23.6 Å². The van der Waals surface area contributed by atoms with E-state index >= 15 is 0 Å². The lowest BCUT2D eigenvalue weighted by Gasteiger charge is -2.46. The SMILES string of the molecule is CC(C)(C)[C@@](CCC(=O)[O-])(NC(=O)OCc1ccccc1)C(=O)[O-]. The topological polar surface area (TPSA) is 119 Å². The molecule has 1 rings (SSSR count). The number of carbonyl (C=O) groups is 3. The van der Waals surface area contributed by atoms with Crippen molar-refractivity contribution in [3.05, 3.63) is 35.9 Å². The summed E-state index contributed by atoms with van der Waals surface area (Å²) >= 11 is 0. The van der Waals surface area contributed by atoms with Crippen LogP contribution in [0.4, 0.5) is 4.79 Å². The molecule has 1 atom stereocenters. The zero-order valence-corrected chi connectivity index (χ0v) is 14.0. The van der Waals surface area contributed by atoms with Gasteiger partial charge in [-0.25, -0.2) is 4.79 Å². The van der Waals surface area contributed by atoms with Crippen molar-refractivity contribution in [1.82, 2.24) is 5.32 Å². The van der Waals surface area contributed by atoms with Crippen LogP contribution in [-0.2, 0) is 20.9 Å². The highest BCUT2D eigenvalue weighted by Gasteiger charge is 2.44. The first-order valence-electron chi connectivity index (χ1n) is 7.48. The number of alkyl carbamates (subject to hydrolysis) is 1. The third-order valence-corrected chi connectivity index (χ3v) is 3.86. The van der Waals surface area contributed by atoms with Gasteiger partial charge in [0, 0.05) is 5.97 Å². The fourth-order valence-electron chi connectivity index (χ4n) is 2.31. The minimum Gasteiger partial charge on any atom is -0.550 e. The van der Waals surface area contributed by atoms with Crippen LogP contribution in [0.25, 0.3) is 0 Å². The van der Waals surface area contributed by atoms with E-state index in [1.807, 2.05) is 6.07 Å². The summed E-state index contributed by atoms with van der Waals surface area (Å²) in [6, 6.07) is 8.86. The lowest BCUT2D eigenvalue weighted by molar-refractivity contribution is -0.319. The van der Waals surface area contributed by atoms with E-state index in [1.54, 1.807) is 45.0 Å². The van der Waals surface area contributed by atoms with Crippen LogP contribution < -0.4 is 15.5 Å². The summed E-state index contributed by atoms with van der Waals surface area (Å²) in [6.07, 6.45) is -1.87. The Morgan fingerprint density at radius 3 is 2.12 bits per heavy atom. The molecule has 0 bridgehead atoms. The third kappa shape index (κ3) is 4.97. The predicted molar refractivity (Wildman–Crippen MR) is 81.2 cm³/mol. The molecule has 7 heteroatoms. The molecule has 0 spiro atoms. The maximum atomic E-state index is 12.0. The van der Waals surface area contributed by atoms with Gasteiger partial charge in [0.1, 0.15) is 6.61 Å². The standard InChI is InChI=1S/C17H23NO6/c1-16(2,3)17(14(21)22,10-9-13(19)20)18-15(23)24-11-12-7-5-4-6-8-12/h4-8H,9-11H2,1-3H3,(H,18,23)(H,19,20)(H,21,22)/p-2/t17-/m0/s1. The van der Waals surface area contributed by atoms with E-state index in [4.69, 9.17) is 4.74 Å². The predicted octanol–water partition coefficient (Wildman–Crippen LogP) is -0.0223. The average molecular weight is 335 g/mol. The summed E-state index contributed by atoms with van der Waals surface area (Å²) in [7, 11) is 0. The van der Waals surface area contributed by atoms with Crippen molar-refractivity contribution < 1.29 is 29.3 Å². The van der Waals surface area contributed by atoms with Gasteiger partial charge in [0.15, 0.2) is 0 Å². The molecule has 24 heavy (non-hydrogen) atoms. The first-order valence-corrected chi connectivity index (χ1v) is 7.48. The van der Waals surface area contributed by atoms with Crippen LogP contribution in [0.5, 0.6) is 0 Å². The number of rotatable bonds is 7. The number of amides is 1. The minimum absolute atomic E-state index is 0.0412. The lowest BCUT2D eigenvalue weighted by atomic mass is 9.71. The van der Waals surface area contributed by atoms with Crippen LogP contribution in [0.2, 0.25) is 0 Å². The Labute approximate surface area is 140 Å². The average Bonchev–Trinajstić information content (AvgIpc) is 2.48. The Morgan fingerprint density at radius 2 is 1.67 bits per heavy atom. The molecule has 1 amide bonds. The van der Waals surface area contributed by atoms with Crippen molar-refractivity contribution in [3.63, 3.8) is 0 Å². The normalized spacial score (nSPS) is 13.6. The molecule has 0 fully saturated rings. The molecular formula is C17H21NO6-2. The first-order chi connectivity index (χ1) is 11.1.